The van der Waals surface area contributed by atoms with Crippen molar-refractivity contribution in [2.24, 2.45) is 11.8 Å². The zero-order valence-corrected chi connectivity index (χ0v) is 15.5. The molecule has 1 aliphatic carbocycles. The second kappa shape index (κ2) is 6.10. The lowest BCUT2D eigenvalue weighted by molar-refractivity contribution is -0.149. The average molecular weight is 356 g/mol. The van der Waals surface area contributed by atoms with Gasteiger partial charge in [-0.3, -0.25) is 9.69 Å². The van der Waals surface area contributed by atoms with Crippen LogP contribution in [0.1, 0.15) is 31.7 Å². The number of methoxy groups -OCH3 is 1. The molecule has 4 unspecified atom stereocenters. The Hall–Kier alpha value is -1.85. The maximum atomic E-state index is 13.0. The molecular formula is C21H28N2O3. The number of nitrogens with zero attached hydrogens (tertiary/aromatic N) is 1. The van der Waals surface area contributed by atoms with E-state index in [2.05, 4.69) is 47.5 Å². The molecule has 0 spiro atoms. The summed E-state index contributed by atoms with van der Waals surface area (Å²) in [5.41, 5.74) is 3.95. The van der Waals surface area contributed by atoms with Gasteiger partial charge < -0.3 is 15.5 Å². The minimum atomic E-state index is -0.122. The van der Waals surface area contributed by atoms with E-state index in [4.69, 9.17) is 4.74 Å². The van der Waals surface area contributed by atoms with E-state index in [1.807, 2.05) is 0 Å². The van der Waals surface area contributed by atoms with Crippen LogP contribution in [0.15, 0.2) is 35.9 Å². The van der Waals surface area contributed by atoms with Gasteiger partial charge in [0.05, 0.1) is 19.1 Å². The highest BCUT2D eigenvalue weighted by molar-refractivity contribution is 5.78. The van der Waals surface area contributed by atoms with Gasteiger partial charge >= 0.3 is 5.97 Å². The van der Waals surface area contributed by atoms with Crippen LogP contribution < -0.4 is 5.32 Å². The number of allylic oxidation sites excluding steroid dienone is 1. The first-order valence-corrected chi connectivity index (χ1v) is 9.52. The summed E-state index contributed by atoms with van der Waals surface area (Å²) >= 11 is 0. The summed E-state index contributed by atoms with van der Waals surface area (Å²) in [4.78, 5) is 15.6. The third-order valence-corrected chi connectivity index (χ3v) is 7.40. The number of esters is 1. The van der Waals surface area contributed by atoms with Crippen molar-refractivity contribution in [2.45, 2.75) is 43.7 Å². The van der Waals surface area contributed by atoms with E-state index < -0.39 is 0 Å². The van der Waals surface area contributed by atoms with E-state index in [0.717, 1.165) is 32.4 Å². The van der Waals surface area contributed by atoms with Crippen LogP contribution in [0.25, 0.3) is 0 Å². The van der Waals surface area contributed by atoms with Gasteiger partial charge in [0, 0.05) is 23.7 Å². The minimum Gasteiger partial charge on any atom is -0.469 e. The lowest BCUT2D eigenvalue weighted by Crippen LogP contribution is -2.63. The molecule has 1 aromatic carbocycles. The van der Waals surface area contributed by atoms with Gasteiger partial charge in [-0.05, 0) is 50.3 Å². The number of fused-ring (bicyclic) bond motifs is 2. The molecule has 2 saturated heterocycles. The van der Waals surface area contributed by atoms with E-state index in [-0.39, 0.29) is 22.8 Å². The maximum Gasteiger partial charge on any atom is 0.309 e. The number of rotatable bonds is 1. The normalized spacial score (nSPS) is 38.6. The molecule has 0 amide bonds. The summed E-state index contributed by atoms with van der Waals surface area (Å²) in [6.45, 7) is 4.27. The Bertz CT molecular complexity index is 761. The number of carbonyl (C=O) groups is 1. The minimum absolute atomic E-state index is 0. The van der Waals surface area contributed by atoms with E-state index in [0.29, 0.717) is 18.0 Å². The molecule has 1 saturated carbocycles. The van der Waals surface area contributed by atoms with Crippen molar-refractivity contribution in [3.05, 3.63) is 41.5 Å². The van der Waals surface area contributed by atoms with Crippen molar-refractivity contribution >= 4 is 11.7 Å². The molecule has 1 aromatic rings. The van der Waals surface area contributed by atoms with Crippen molar-refractivity contribution in [1.29, 1.82) is 0 Å². The van der Waals surface area contributed by atoms with Gasteiger partial charge in [-0.25, -0.2) is 0 Å². The summed E-state index contributed by atoms with van der Waals surface area (Å²) < 4.78 is 5.33. The fraction of sp³-hybridized carbons (Fsp3) is 0.571. The average Bonchev–Trinajstić information content (AvgIpc) is 3.00. The first-order chi connectivity index (χ1) is 12.2. The molecule has 5 rings (SSSR count). The van der Waals surface area contributed by atoms with Gasteiger partial charge in [-0.1, -0.05) is 29.8 Å². The molecule has 3 N–H and O–H groups in total. The van der Waals surface area contributed by atoms with Crippen molar-refractivity contribution in [1.82, 2.24) is 4.90 Å². The zero-order chi connectivity index (χ0) is 17.2. The highest BCUT2D eigenvalue weighted by atomic mass is 16.5. The SMILES string of the molecule is C/C=C1/CN2CCC34c5ccccc5NC3C2CC1C[C@H]4C(=O)OC.O. The van der Waals surface area contributed by atoms with Crippen LogP contribution in [0.3, 0.4) is 0 Å². The monoisotopic (exact) mass is 356 g/mol. The van der Waals surface area contributed by atoms with Gasteiger partial charge in [0.25, 0.3) is 0 Å². The molecule has 4 aliphatic rings. The largest absolute Gasteiger partial charge is 0.469 e. The highest BCUT2D eigenvalue weighted by Crippen LogP contribution is 2.58. The third-order valence-electron chi connectivity index (χ3n) is 7.40. The van der Waals surface area contributed by atoms with Crippen molar-refractivity contribution in [3.8, 4) is 0 Å². The molecular weight excluding hydrogens is 328 g/mol. The fourth-order valence-electron chi connectivity index (χ4n) is 6.30. The van der Waals surface area contributed by atoms with E-state index in [1.165, 1.54) is 16.8 Å². The number of carbonyl (C=O) groups excluding carboxylic acids is 1. The summed E-state index contributed by atoms with van der Waals surface area (Å²) in [5, 5.41) is 3.83. The summed E-state index contributed by atoms with van der Waals surface area (Å²) in [6, 6.07) is 9.44. The molecule has 3 heterocycles. The number of benzene rings is 1. The number of hydrogen-bond acceptors (Lipinski definition) is 4. The summed E-state index contributed by atoms with van der Waals surface area (Å²) in [5.74, 6) is 0.411. The Morgan fingerprint density at radius 2 is 2.15 bits per heavy atom. The van der Waals surface area contributed by atoms with Gasteiger partial charge in [-0.15, -0.1) is 0 Å². The van der Waals surface area contributed by atoms with Gasteiger partial charge in [-0.2, -0.15) is 0 Å². The molecule has 3 bridgehead atoms. The second-order valence-electron chi connectivity index (χ2n) is 8.10. The molecule has 26 heavy (non-hydrogen) atoms. The van der Waals surface area contributed by atoms with Crippen LogP contribution >= 0.6 is 0 Å². The third kappa shape index (κ3) is 2.07. The molecule has 3 fully saturated rings. The van der Waals surface area contributed by atoms with Crippen LogP contribution in [0.2, 0.25) is 0 Å². The Balaban J connectivity index is 0.00000168. The number of anilines is 1. The number of hydrogen-bond donors (Lipinski definition) is 1. The van der Waals surface area contributed by atoms with E-state index in [1.54, 1.807) is 7.11 Å². The second-order valence-corrected chi connectivity index (χ2v) is 8.10. The Morgan fingerprint density at radius 3 is 2.92 bits per heavy atom. The number of para-hydroxylation sites is 1. The first-order valence-electron chi connectivity index (χ1n) is 9.52. The highest BCUT2D eigenvalue weighted by Gasteiger charge is 2.63. The summed E-state index contributed by atoms with van der Waals surface area (Å²) in [7, 11) is 1.55. The van der Waals surface area contributed by atoms with Crippen molar-refractivity contribution in [3.63, 3.8) is 0 Å². The Labute approximate surface area is 154 Å². The fourth-order valence-corrected chi connectivity index (χ4v) is 6.30. The van der Waals surface area contributed by atoms with Crippen LogP contribution in [0.5, 0.6) is 0 Å². The molecule has 0 radical (unpaired) electrons. The molecule has 5 heteroatoms. The lowest BCUT2D eigenvalue weighted by atomic mass is 9.62. The Kier molecular flexibility index (Phi) is 4.12. The van der Waals surface area contributed by atoms with Crippen LogP contribution in [0, 0.1) is 11.8 Å². The van der Waals surface area contributed by atoms with Crippen LogP contribution in [-0.4, -0.2) is 48.6 Å². The lowest BCUT2D eigenvalue weighted by Gasteiger charge is -2.51. The van der Waals surface area contributed by atoms with E-state index >= 15 is 0 Å². The molecule has 3 aliphatic heterocycles. The maximum absolute atomic E-state index is 13.0. The number of nitrogens with one attached hydrogen (secondary N) is 1. The topological polar surface area (TPSA) is 73.1 Å². The van der Waals surface area contributed by atoms with Gasteiger partial charge in [0.2, 0.25) is 0 Å². The Morgan fingerprint density at radius 1 is 1.35 bits per heavy atom. The predicted octanol–water partition coefficient (Wildman–Crippen LogP) is 2.13. The van der Waals surface area contributed by atoms with Crippen molar-refractivity contribution < 1.29 is 15.0 Å². The zero-order valence-electron chi connectivity index (χ0n) is 15.5. The number of ether oxygens (including phenoxy) is 1. The number of piperidine rings is 2. The van der Waals surface area contributed by atoms with Gasteiger partial charge in [0.15, 0.2) is 0 Å². The molecule has 5 atom stereocenters. The van der Waals surface area contributed by atoms with Gasteiger partial charge in [0.1, 0.15) is 0 Å². The molecule has 5 nitrogen and oxygen atoms in total. The summed E-state index contributed by atoms with van der Waals surface area (Å²) in [6.07, 6.45) is 5.38. The molecule has 140 valence electrons. The van der Waals surface area contributed by atoms with E-state index in [9.17, 15) is 4.79 Å². The predicted molar refractivity (Wildman–Crippen MR) is 101 cm³/mol. The standard InChI is InChI=1S/C21H26N2O2.H2O/c1-3-13-12-23-9-8-21-15-6-4-5-7-17(15)22-19(21)18(23)11-14(13)10-16(21)20(24)25-2;/h3-7,14,16,18-19,22H,8-12H2,1-2H3;1H2/b13-3-;/t14?,16-,18?,19?,21?;/m0./s1. The van der Waals surface area contributed by atoms with Crippen LogP contribution in [0.4, 0.5) is 5.69 Å². The first kappa shape index (κ1) is 17.6. The quantitative estimate of drug-likeness (QED) is 0.618. The molecule has 0 aromatic heterocycles. The van der Waals surface area contributed by atoms with Crippen LogP contribution in [-0.2, 0) is 14.9 Å². The van der Waals surface area contributed by atoms with Crippen molar-refractivity contribution in [2.75, 3.05) is 25.5 Å². The smallest absolute Gasteiger partial charge is 0.309 e.